The third-order valence-corrected chi connectivity index (χ3v) is 0.953. The number of ether oxygens (including phenoxy) is 1. The minimum atomic E-state index is -0.373. The van der Waals surface area contributed by atoms with Gasteiger partial charge in [0, 0.05) is 6.61 Å². The fraction of sp³-hybridized carbons (Fsp3) is 0.714. The number of hydrogen-bond donors (Lipinski definition) is 1. The zero-order valence-electron chi connectivity index (χ0n) is 5.84. The lowest BCUT2D eigenvalue weighted by molar-refractivity contribution is 0.0444. The molecule has 0 aliphatic carbocycles. The second kappa shape index (κ2) is 5.79. The molecule has 54 valence electrons. The summed E-state index contributed by atoms with van der Waals surface area (Å²) in [5.74, 6) is 0. The maximum Gasteiger partial charge on any atom is 0.0807 e. The van der Waals surface area contributed by atoms with Gasteiger partial charge in [-0.2, -0.15) is 0 Å². The molecule has 2 heteroatoms. The molecule has 0 amide bonds. The van der Waals surface area contributed by atoms with E-state index < -0.39 is 0 Å². The van der Waals surface area contributed by atoms with Gasteiger partial charge in [0.05, 0.1) is 12.7 Å². The van der Waals surface area contributed by atoms with Gasteiger partial charge in [-0.3, -0.25) is 0 Å². The van der Waals surface area contributed by atoms with Gasteiger partial charge in [-0.15, -0.1) is 6.58 Å². The molecular formula is C7H14O2. The summed E-state index contributed by atoms with van der Waals surface area (Å²) >= 11 is 0. The molecule has 1 unspecified atom stereocenters. The predicted octanol–water partition coefficient (Wildman–Crippen LogP) is 0.960. The lowest BCUT2D eigenvalue weighted by Gasteiger charge is -2.05. The summed E-state index contributed by atoms with van der Waals surface area (Å²) in [6, 6.07) is 0. The molecule has 0 saturated heterocycles. The summed E-state index contributed by atoms with van der Waals surface area (Å²) in [5.41, 5.74) is 0. The Balaban J connectivity index is 3.04. The molecule has 2 nitrogen and oxygen atoms in total. The van der Waals surface area contributed by atoms with Crippen LogP contribution in [0.25, 0.3) is 0 Å². The van der Waals surface area contributed by atoms with Crippen LogP contribution in [0.15, 0.2) is 12.7 Å². The molecule has 0 bridgehead atoms. The molecule has 0 aliphatic rings. The first-order valence-electron chi connectivity index (χ1n) is 3.18. The van der Waals surface area contributed by atoms with Crippen molar-refractivity contribution in [3.05, 3.63) is 12.7 Å². The topological polar surface area (TPSA) is 29.5 Å². The third kappa shape index (κ3) is 5.53. The van der Waals surface area contributed by atoms with Gasteiger partial charge in [-0.1, -0.05) is 6.08 Å². The molecule has 0 aromatic carbocycles. The average Bonchev–Trinajstić information content (AvgIpc) is 1.85. The Labute approximate surface area is 56.1 Å². The Bertz CT molecular complexity index is 71.3. The van der Waals surface area contributed by atoms with Gasteiger partial charge in [-0.05, 0) is 13.3 Å². The van der Waals surface area contributed by atoms with E-state index in [1.54, 1.807) is 6.08 Å². The van der Waals surface area contributed by atoms with Gasteiger partial charge in [0.15, 0.2) is 0 Å². The van der Waals surface area contributed by atoms with Crippen LogP contribution in [0.3, 0.4) is 0 Å². The van der Waals surface area contributed by atoms with Crippen LogP contribution in [-0.4, -0.2) is 24.4 Å². The van der Waals surface area contributed by atoms with E-state index >= 15 is 0 Å². The van der Waals surface area contributed by atoms with E-state index in [0.717, 1.165) is 0 Å². The zero-order chi connectivity index (χ0) is 7.11. The van der Waals surface area contributed by atoms with Crippen molar-refractivity contribution in [2.45, 2.75) is 19.4 Å². The lowest BCUT2D eigenvalue weighted by Crippen LogP contribution is -2.13. The maximum absolute atomic E-state index is 8.98. The van der Waals surface area contributed by atoms with Crippen molar-refractivity contribution >= 4 is 0 Å². The van der Waals surface area contributed by atoms with Crippen LogP contribution >= 0.6 is 0 Å². The molecule has 0 aromatic rings. The average molecular weight is 130 g/mol. The normalized spacial score (nSPS) is 13.1. The van der Waals surface area contributed by atoms with E-state index in [2.05, 4.69) is 6.58 Å². The second-order valence-corrected chi connectivity index (χ2v) is 1.84. The second-order valence-electron chi connectivity index (χ2n) is 1.84. The molecule has 0 aromatic heterocycles. The Morgan fingerprint density at radius 1 is 1.78 bits per heavy atom. The van der Waals surface area contributed by atoms with Crippen molar-refractivity contribution in [2.24, 2.45) is 0 Å². The van der Waals surface area contributed by atoms with Gasteiger partial charge < -0.3 is 9.84 Å². The Morgan fingerprint density at radius 2 is 2.44 bits per heavy atom. The Morgan fingerprint density at radius 3 is 2.89 bits per heavy atom. The van der Waals surface area contributed by atoms with Crippen molar-refractivity contribution in [1.82, 2.24) is 0 Å². The molecule has 1 atom stereocenters. The minimum Gasteiger partial charge on any atom is -0.390 e. The lowest BCUT2D eigenvalue weighted by atomic mass is 10.3. The Kier molecular flexibility index (Phi) is 5.57. The van der Waals surface area contributed by atoms with E-state index in [9.17, 15) is 0 Å². The van der Waals surface area contributed by atoms with Crippen molar-refractivity contribution < 1.29 is 9.84 Å². The van der Waals surface area contributed by atoms with Crippen molar-refractivity contribution in [2.75, 3.05) is 13.2 Å². The molecule has 0 radical (unpaired) electrons. The summed E-state index contributed by atoms with van der Waals surface area (Å²) in [7, 11) is 0. The smallest absolute Gasteiger partial charge is 0.0807 e. The highest BCUT2D eigenvalue weighted by atomic mass is 16.5. The fourth-order valence-corrected chi connectivity index (χ4v) is 0.514. The highest BCUT2D eigenvalue weighted by Gasteiger charge is 1.98. The quantitative estimate of drug-likeness (QED) is 0.562. The van der Waals surface area contributed by atoms with E-state index in [-0.39, 0.29) is 6.10 Å². The molecule has 0 aliphatic heterocycles. The monoisotopic (exact) mass is 130 g/mol. The van der Waals surface area contributed by atoms with Crippen LogP contribution in [0.4, 0.5) is 0 Å². The molecular weight excluding hydrogens is 116 g/mol. The van der Waals surface area contributed by atoms with Crippen molar-refractivity contribution in [1.29, 1.82) is 0 Å². The van der Waals surface area contributed by atoms with Crippen LogP contribution in [-0.2, 0) is 4.74 Å². The molecule has 1 N–H and O–H groups in total. The molecule has 9 heavy (non-hydrogen) atoms. The standard InChI is InChI=1S/C7H14O2/c1-3-5-7(8)6-9-4-2/h3,7-8H,1,4-6H2,2H3. The maximum atomic E-state index is 8.98. The van der Waals surface area contributed by atoms with Crippen LogP contribution in [0.5, 0.6) is 0 Å². The number of aliphatic hydroxyl groups is 1. The van der Waals surface area contributed by atoms with Gasteiger partial charge in [0.25, 0.3) is 0 Å². The summed E-state index contributed by atoms with van der Waals surface area (Å²) < 4.78 is 4.95. The minimum absolute atomic E-state index is 0.373. The van der Waals surface area contributed by atoms with Crippen molar-refractivity contribution in [3.63, 3.8) is 0 Å². The van der Waals surface area contributed by atoms with Crippen LogP contribution in [0, 0.1) is 0 Å². The number of aliphatic hydroxyl groups excluding tert-OH is 1. The molecule has 0 saturated carbocycles. The van der Waals surface area contributed by atoms with Crippen LogP contribution < -0.4 is 0 Å². The van der Waals surface area contributed by atoms with Gasteiger partial charge in [0.1, 0.15) is 0 Å². The predicted molar refractivity (Wildman–Crippen MR) is 37.3 cm³/mol. The molecule has 0 rings (SSSR count). The molecule has 0 fully saturated rings. The summed E-state index contributed by atoms with van der Waals surface area (Å²) in [6.07, 6.45) is 1.92. The largest absolute Gasteiger partial charge is 0.390 e. The third-order valence-electron chi connectivity index (χ3n) is 0.953. The highest BCUT2D eigenvalue weighted by molar-refractivity contribution is 4.71. The van der Waals surface area contributed by atoms with E-state index in [1.807, 2.05) is 6.92 Å². The molecule has 0 heterocycles. The number of hydrogen-bond acceptors (Lipinski definition) is 2. The first-order chi connectivity index (χ1) is 4.31. The first-order valence-corrected chi connectivity index (χ1v) is 3.18. The van der Waals surface area contributed by atoms with Crippen LogP contribution in [0.1, 0.15) is 13.3 Å². The summed E-state index contributed by atoms with van der Waals surface area (Å²) in [5, 5.41) is 8.98. The van der Waals surface area contributed by atoms with Gasteiger partial charge in [0.2, 0.25) is 0 Å². The van der Waals surface area contributed by atoms with E-state index in [4.69, 9.17) is 9.84 Å². The van der Waals surface area contributed by atoms with E-state index in [0.29, 0.717) is 19.6 Å². The summed E-state index contributed by atoms with van der Waals surface area (Å²) in [6.45, 7) is 6.48. The van der Waals surface area contributed by atoms with Gasteiger partial charge >= 0.3 is 0 Å². The molecule has 0 spiro atoms. The van der Waals surface area contributed by atoms with Crippen molar-refractivity contribution in [3.8, 4) is 0 Å². The zero-order valence-corrected chi connectivity index (χ0v) is 5.84. The van der Waals surface area contributed by atoms with Crippen LogP contribution in [0.2, 0.25) is 0 Å². The highest BCUT2D eigenvalue weighted by Crippen LogP contribution is 1.91. The number of rotatable bonds is 5. The summed E-state index contributed by atoms with van der Waals surface area (Å²) in [4.78, 5) is 0. The fourth-order valence-electron chi connectivity index (χ4n) is 0.514. The first kappa shape index (κ1) is 8.66. The SMILES string of the molecule is C=CCC(O)COCC. The van der Waals surface area contributed by atoms with Gasteiger partial charge in [-0.25, -0.2) is 0 Å². The Hall–Kier alpha value is -0.340. The van der Waals surface area contributed by atoms with E-state index in [1.165, 1.54) is 0 Å².